The second-order valence-corrected chi connectivity index (χ2v) is 1.53. The highest BCUT2D eigenvalue weighted by Crippen LogP contribution is 1.88. The molecule has 0 amide bonds. The van der Waals surface area contributed by atoms with Crippen molar-refractivity contribution in [2.24, 2.45) is 0 Å². The van der Waals surface area contributed by atoms with Gasteiger partial charge in [-0.25, -0.2) is 4.98 Å². The molecule has 0 bridgehead atoms. The molecule has 2 N–H and O–H groups in total. The van der Waals surface area contributed by atoms with Gasteiger partial charge in [-0.15, -0.1) is 19.0 Å². The molecule has 4 heteroatoms. The van der Waals surface area contributed by atoms with Crippen LogP contribution in [0.15, 0.2) is 25.0 Å². The van der Waals surface area contributed by atoms with Crippen LogP contribution in [0.1, 0.15) is 5.82 Å². The molecule has 3 nitrogen and oxygen atoms in total. The Hall–Kier alpha value is -0.900. The van der Waals surface area contributed by atoms with E-state index >= 15 is 0 Å². The van der Waals surface area contributed by atoms with E-state index in [0.717, 1.165) is 12.2 Å². The number of imidazole rings is 1. The van der Waals surface area contributed by atoms with E-state index in [2.05, 4.69) is 29.0 Å². The fourth-order valence-electron chi connectivity index (χ4n) is 0.546. The molecule has 56 valence electrons. The maximum absolute atomic E-state index is 5.56. The lowest BCUT2D eigenvalue weighted by Crippen LogP contribution is -1.80. The monoisotopic (exact) mass is 157 g/mol. The van der Waals surface area contributed by atoms with Gasteiger partial charge >= 0.3 is 0 Å². The largest absolute Gasteiger partial charge is 0.348 e. The second-order valence-electron chi connectivity index (χ2n) is 1.53. The number of rotatable bonds is 2. The van der Waals surface area contributed by atoms with Crippen LogP contribution in [-0.4, -0.2) is 9.97 Å². The van der Waals surface area contributed by atoms with Gasteiger partial charge in [-0.3, -0.25) is 4.78 Å². The van der Waals surface area contributed by atoms with Crippen molar-refractivity contribution >= 4 is 12.4 Å². The Labute approximate surface area is 65.2 Å². The highest BCUT2D eigenvalue weighted by molar-refractivity contribution is 7.45. The van der Waals surface area contributed by atoms with E-state index in [4.69, 9.17) is 4.78 Å². The summed E-state index contributed by atoms with van der Waals surface area (Å²) in [6.07, 6.45) is 6.18. The van der Waals surface area contributed by atoms with Crippen LogP contribution in [-0.2, 0) is 18.8 Å². The van der Waals surface area contributed by atoms with Gasteiger partial charge in [0.25, 0.3) is 0 Å². The Kier molecular flexibility index (Phi) is 5.66. The van der Waals surface area contributed by atoms with Gasteiger partial charge in [0.2, 0.25) is 0 Å². The molecule has 0 fully saturated rings. The summed E-state index contributed by atoms with van der Waals surface area (Å²) in [5.74, 6) is 0.972. The summed E-state index contributed by atoms with van der Waals surface area (Å²) in [5.41, 5.74) is 0. The zero-order valence-corrected chi connectivity index (χ0v) is 6.59. The maximum atomic E-state index is 5.56. The van der Waals surface area contributed by atoms with Crippen LogP contribution in [0.25, 0.3) is 0 Å². The van der Waals surface area contributed by atoms with E-state index in [1.807, 2.05) is 6.08 Å². The molecule has 0 radical (unpaired) electrons. The number of aromatic nitrogens is 2. The summed E-state index contributed by atoms with van der Waals surface area (Å²) in [6.45, 7) is 3.58. The van der Waals surface area contributed by atoms with Crippen LogP contribution in [0.3, 0.4) is 0 Å². The average molecular weight is 157 g/mol. The molecule has 0 aliphatic carbocycles. The van der Waals surface area contributed by atoms with Gasteiger partial charge in [-0.2, -0.15) is 0 Å². The van der Waals surface area contributed by atoms with Crippen molar-refractivity contribution in [2.45, 2.75) is 6.42 Å². The van der Waals surface area contributed by atoms with E-state index < -0.39 is 0 Å². The van der Waals surface area contributed by atoms with Crippen LogP contribution in [0, 0.1) is 4.78 Å². The average Bonchev–Trinajstić information content (AvgIpc) is 2.46. The van der Waals surface area contributed by atoms with Gasteiger partial charge in [0.15, 0.2) is 0 Å². The predicted molar refractivity (Wildman–Crippen MR) is 45.4 cm³/mol. The normalized spacial score (nSPS) is 7.70. The highest BCUT2D eigenvalue weighted by Gasteiger charge is 1.85. The number of nitrogens with one attached hydrogen (secondary N) is 2. The van der Waals surface area contributed by atoms with Gasteiger partial charge in [-0.1, -0.05) is 6.08 Å². The molecule has 1 heterocycles. The third-order valence-electron chi connectivity index (χ3n) is 0.893. The van der Waals surface area contributed by atoms with Crippen molar-refractivity contribution in [3.8, 4) is 0 Å². The zero-order valence-electron chi connectivity index (χ0n) is 5.59. The highest BCUT2D eigenvalue weighted by atomic mass is 32.1. The molecule has 0 saturated carbocycles. The van der Waals surface area contributed by atoms with E-state index in [9.17, 15) is 0 Å². The summed E-state index contributed by atoms with van der Waals surface area (Å²) in [6, 6.07) is 0. The van der Waals surface area contributed by atoms with Gasteiger partial charge in [0, 0.05) is 18.8 Å². The van der Waals surface area contributed by atoms with Crippen molar-refractivity contribution in [3.63, 3.8) is 0 Å². The van der Waals surface area contributed by atoms with E-state index in [1.165, 1.54) is 0 Å². The standard InChI is InChI=1S/C6H8N2.H3NS/c1-2-3-6-7-4-5-8-6;1-2/h2,4-5H,1,3H2,(H,7,8);1H,2H2. The first-order valence-electron chi connectivity index (χ1n) is 2.77. The van der Waals surface area contributed by atoms with Gasteiger partial charge in [0.1, 0.15) is 5.82 Å². The van der Waals surface area contributed by atoms with E-state index in [-0.39, 0.29) is 0 Å². The first-order chi connectivity index (χ1) is 4.93. The molecule has 0 aliphatic rings. The number of hydrogen-bond donors (Lipinski definition) is 2. The molecular formula is C6H11N3S. The summed E-state index contributed by atoms with van der Waals surface area (Å²) >= 11 is 2.22. The quantitative estimate of drug-likeness (QED) is 0.616. The molecule has 0 spiro atoms. The van der Waals surface area contributed by atoms with Gasteiger partial charge in [-0.05, 0) is 0 Å². The van der Waals surface area contributed by atoms with Crippen LogP contribution in [0.5, 0.6) is 0 Å². The summed E-state index contributed by atoms with van der Waals surface area (Å²) in [7, 11) is 0. The van der Waals surface area contributed by atoms with Crippen molar-refractivity contribution in [3.05, 3.63) is 30.9 Å². The lowest BCUT2D eigenvalue weighted by molar-refractivity contribution is 1.06. The number of nitrogens with zero attached hydrogens (tertiary/aromatic N) is 1. The molecule has 1 aromatic rings. The molecule has 0 saturated heterocycles. The minimum absolute atomic E-state index is 0.826. The number of allylic oxidation sites excluding steroid dienone is 1. The molecule has 0 aliphatic heterocycles. The molecule has 10 heavy (non-hydrogen) atoms. The van der Waals surface area contributed by atoms with Crippen LogP contribution in [0.4, 0.5) is 0 Å². The third kappa shape index (κ3) is 3.19. The molecular weight excluding hydrogens is 146 g/mol. The summed E-state index contributed by atoms with van der Waals surface area (Å²) in [4.78, 5) is 6.93. The van der Waals surface area contributed by atoms with E-state index in [1.54, 1.807) is 12.4 Å². The number of H-pyrrole nitrogens is 1. The Morgan fingerprint density at radius 3 is 2.90 bits per heavy atom. The zero-order chi connectivity index (χ0) is 7.82. The topological polar surface area (TPSA) is 52.5 Å². The minimum atomic E-state index is 0.826. The molecule has 1 rings (SSSR count). The second kappa shape index (κ2) is 6.22. The molecule has 0 aromatic carbocycles. The lowest BCUT2D eigenvalue weighted by Gasteiger charge is -1.82. The van der Waals surface area contributed by atoms with Crippen LogP contribution < -0.4 is 0 Å². The predicted octanol–water partition coefficient (Wildman–Crippen LogP) is 0.898. The first-order valence-corrected chi connectivity index (χ1v) is 3.27. The molecule has 0 atom stereocenters. The van der Waals surface area contributed by atoms with E-state index in [0.29, 0.717) is 0 Å². The fraction of sp³-hybridized carbons (Fsp3) is 0.167. The minimum Gasteiger partial charge on any atom is -0.348 e. The van der Waals surface area contributed by atoms with Gasteiger partial charge in [0.05, 0.1) is 0 Å². The SMILES string of the molecule is C=CCc1ncc[nH]1.N=[SH2]. The summed E-state index contributed by atoms with van der Waals surface area (Å²) in [5, 5.41) is 0. The van der Waals surface area contributed by atoms with Crippen LogP contribution >= 0.6 is 0 Å². The maximum Gasteiger partial charge on any atom is 0.109 e. The van der Waals surface area contributed by atoms with Crippen molar-refractivity contribution in [1.29, 1.82) is 4.78 Å². The Balaban J connectivity index is 0.000000371. The molecule has 0 unspecified atom stereocenters. The molecule has 1 aromatic heterocycles. The van der Waals surface area contributed by atoms with Gasteiger partial charge < -0.3 is 4.98 Å². The van der Waals surface area contributed by atoms with Crippen molar-refractivity contribution in [1.82, 2.24) is 9.97 Å². The van der Waals surface area contributed by atoms with Crippen molar-refractivity contribution in [2.75, 3.05) is 0 Å². The Bertz CT molecular complexity index is 171. The lowest BCUT2D eigenvalue weighted by atomic mass is 10.4. The Morgan fingerprint density at radius 2 is 2.50 bits per heavy atom. The van der Waals surface area contributed by atoms with Crippen molar-refractivity contribution < 1.29 is 0 Å². The fourth-order valence-corrected chi connectivity index (χ4v) is 0.546. The smallest absolute Gasteiger partial charge is 0.109 e. The number of aromatic amines is 1. The summed E-state index contributed by atoms with van der Waals surface area (Å²) < 4.78 is 5.56. The number of hydrogen-bond acceptors (Lipinski definition) is 2. The Morgan fingerprint density at radius 1 is 1.80 bits per heavy atom. The van der Waals surface area contributed by atoms with Crippen LogP contribution in [0.2, 0.25) is 0 Å². The first kappa shape index (κ1) is 9.10. The third-order valence-corrected chi connectivity index (χ3v) is 0.893.